The van der Waals surface area contributed by atoms with Crippen LogP contribution in [0.3, 0.4) is 0 Å². The molecule has 3 nitrogen and oxygen atoms in total. The number of hydrogen-bond acceptors (Lipinski definition) is 2. The summed E-state index contributed by atoms with van der Waals surface area (Å²) in [6, 6.07) is 0.277. The second-order valence-corrected chi connectivity index (χ2v) is 4.48. The summed E-state index contributed by atoms with van der Waals surface area (Å²) in [5.74, 6) is 2.51. The first-order valence-corrected chi connectivity index (χ1v) is 5.51. The van der Waals surface area contributed by atoms with Crippen molar-refractivity contribution >= 4 is 0 Å². The Bertz CT molecular complexity index is 268. The Morgan fingerprint density at radius 1 is 1.64 bits per heavy atom. The van der Waals surface area contributed by atoms with Crippen LogP contribution in [0.25, 0.3) is 0 Å². The van der Waals surface area contributed by atoms with E-state index in [0.29, 0.717) is 5.92 Å². The van der Waals surface area contributed by atoms with Gasteiger partial charge in [-0.3, -0.25) is 0 Å². The second kappa shape index (κ2) is 4.13. The summed E-state index contributed by atoms with van der Waals surface area (Å²) in [6.45, 7) is 2.32. The maximum absolute atomic E-state index is 6.20. The van der Waals surface area contributed by atoms with Crippen molar-refractivity contribution in [3.05, 3.63) is 18.2 Å². The van der Waals surface area contributed by atoms with Crippen LogP contribution in [0.2, 0.25) is 0 Å². The van der Waals surface area contributed by atoms with Gasteiger partial charge in [-0.15, -0.1) is 0 Å². The molecule has 0 bridgehead atoms. The first kappa shape index (κ1) is 9.71. The van der Waals surface area contributed by atoms with Gasteiger partial charge < -0.3 is 10.7 Å². The fraction of sp³-hybridized carbons (Fsp3) is 0.727. The molecule has 1 aliphatic rings. The Kier molecular flexibility index (Phi) is 2.87. The van der Waals surface area contributed by atoms with Gasteiger partial charge in [0.15, 0.2) is 0 Å². The molecule has 1 aromatic rings. The van der Waals surface area contributed by atoms with Crippen LogP contribution in [0.1, 0.15) is 32.0 Å². The van der Waals surface area contributed by atoms with Gasteiger partial charge in [-0.2, -0.15) is 0 Å². The van der Waals surface area contributed by atoms with E-state index in [1.165, 1.54) is 19.3 Å². The summed E-state index contributed by atoms with van der Waals surface area (Å²) in [5, 5.41) is 0. The van der Waals surface area contributed by atoms with Crippen LogP contribution in [-0.2, 0) is 6.42 Å². The number of nitrogens with two attached hydrogens (primary N) is 1. The quantitative estimate of drug-likeness (QED) is 0.768. The van der Waals surface area contributed by atoms with Gasteiger partial charge in [0, 0.05) is 24.9 Å². The van der Waals surface area contributed by atoms with Crippen molar-refractivity contribution in [1.29, 1.82) is 0 Å². The molecule has 1 heterocycles. The molecular formula is C11H19N3. The molecule has 0 amide bonds. The van der Waals surface area contributed by atoms with Gasteiger partial charge in [-0.05, 0) is 18.3 Å². The van der Waals surface area contributed by atoms with Crippen LogP contribution in [0.15, 0.2) is 12.4 Å². The molecule has 0 aliphatic heterocycles. The number of aromatic nitrogens is 2. The molecule has 1 aliphatic carbocycles. The van der Waals surface area contributed by atoms with Gasteiger partial charge in [0.25, 0.3) is 0 Å². The zero-order chi connectivity index (χ0) is 9.97. The van der Waals surface area contributed by atoms with E-state index < -0.39 is 0 Å². The van der Waals surface area contributed by atoms with E-state index in [1.54, 1.807) is 6.20 Å². The maximum atomic E-state index is 6.20. The summed E-state index contributed by atoms with van der Waals surface area (Å²) in [4.78, 5) is 7.33. The molecule has 3 atom stereocenters. The van der Waals surface area contributed by atoms with Crippen molar-refractivity contribution in [3.8, 4) is 0 Å². The molecule has 1 fully saturated rings. The highest BCUT2D eigenvalue weighted by Crippen LogP contribution is 2.33. The van der Waals surface area contributed by atoms with Crippen molar-refractivity contribution in [3.63, 3.8) is 0 Å². The van der Waals surface area contributed by atoms with E-state index in [0.717, 1.165) is 18.2 Å². The number of aromatic amines is 1. The third kappa shape index (κ3) is 1.98. The molecule has 0 radical (unpaired) electrons. The first-order chi connectivity index (χ1) is 6.77. The SMILES string of the molecule is CC1CCCC1C(N)Cc1ncc[nH]1. The molecule has 3 heteroatoms. The van der Waals surface area contributed by atoms with Crippen molar-refractivity contribution < 1.29 is 0 Å². The Balaban J connectivity index is 1.92. The summed E-state index contributed by atoms with van der Waals surface area (Å²) in [7, 11) is 0. The highest BCUT2D eigenvalue weighted by atomic mass is 14.9. The molecule has 2 rings (SSSR count). The summed E-state index contributed by atoms with van der Waals surface area (Å²) >= 11 is 0. The normalized spacial score (nSPS) is 29.3. The Morgan fingerprint density at radius 3 is 3.07 bits per heavy atom. The number of imidazole rings is 1. The van der Waals surface area contributed by atoms with Crippen molar-refractivity contribution in [2.24, 2.45) is 17.6 Å². The summed E-state index contributed by atoms with van der Waals surface area (Å²) < 4.78 is 0. The topological polar surface area (TPSA) is 54.7 Å². The number of rotatable bonds is 3. The Morgan fingerprint density at radius 2 is 2.50 bits per heavy atom. The maximum Gasteiger partial charge on any atom is 0.107 e. The smallest absolute Gasteiger partial charge is 0.107 e. The van der Waals surface area contributed by atoms with Crippen LogP contribution in [0.5, 0.6) is 0 Å². The minimum atomic E-state index is 0.277. The molecular weight excluding hydrogens is 174 g/mol. The fourth-order valence-corrected chi connectivity index (χ4v) is 2.59. The predicted octanol–water partition coefficient (Wildman–Crippen LogP) is 1.72. The lowest BCUT2D eigenvalue weighted by atomic mass is 9.89. The van der Waals surface area contributed by atoms with Crippen LogP contribution < -0.4 is 5.73 Å². The molecule has 0 saturated heterocycles. The molecule has 0 aromatic carbocycles. The summed E-state index contributed by atoms with van der Waals surface area (Å²) in [6.07, 6.45) is 8.53. The van der Waals surface area contributed by atoms with Crippen LogP contribution in [-0.4, -0.2) is 16.0 Å². The average molecular weight is 193 g/mol. The summed E-state index contributed by atoms with van der Waals surface area (Å²) in [5.41, 5.74) is 6.20. The van der Waals surface area contributed by atoms with E-state index in [2.05, 4.69) is 16.9 Å². The molecule has 78 valence electrons. The fourth-order valence-electron chi connectivity index (χ4n) is 2.59. The van der Waals surface area contributed by atoms with Crippen molar-refractivity contribution in [1.82, 2.24) is 9.97 Å². The molecule has 1 saturated carbocycles. The highest BCUT2D eigenvalue weighted by molar-refractivity contribution is 4.94. The molecule has 14 heavy (non-hydrogen) atoms. The third-order valence-corrected chi connectivity index (χ3v) is 3.46. The second-order valence-electron chi connectivity index (χ2n) is 4.48. The lowest BCUT2D eigenvalue weighted by Crippen LogP contribution is -2.34. The van der Waals surface area contributed by atoms with E-state index in [4.69, 9.17) is 5.73 Å². The number of nitrogens with one attached hydrogen (secondary N) is 1. The molecule has 0 spiro atoms. The van der Waals surface area contributed by atoms with E-state index in [-0.39, 0.29) is 6.04 Å². The van der Waals surface area contributed by atoms with Gasteiger partial charge in [0.1, 0.15) is 5.82 Å². The standard InChI is InChI=1S/C11H19N3/c1-8-3-2-4-9(8)10(12)7-11-13-5-6-14-11/h5-6,8-10H,2-4,7,12H2,1H3,(H,13,14). The van der Waals surface area contributed by atoms with Crippen LogP contribution in [0.4, 0.5) is 0 Å². The monoisotopic (exact) mass is 193 g/mol. The van der Waals surface area contributed by atoms with E-state index in [1.807, 2.05) is 6.20 Å². The largest absolute Gasteiger partial charge is 0.349 e. The number of H-pyrrole nitrogens is 1. The lowest BCUT2D eigenvalue weighted by molar-refractivity contribution is 0.340. The Hall–Kier alpha value is -0.830. The zero-order valence-electron chi connectivity index (χ0n) is 8.74. The van der Waals surface area contributed by atoms with Crippen LogP contribution in [0, 0.1) is 11.8 Å². The predicted molar refractivity (Wildman–Crippen MR) is 56.8 cm³/mol. The van der Waals surface area contributed by atoms with Crippen molar-refractivity contribution in [2.75, 3.05) is 0 Å². The zero-order valence-corrected chi connectivity index (χ0v) is 8.74. The van der Waals surface area contributed by atoms with Gasteiger partial charge >= 0.3 is 0 Å². The van der Waals surface area contributed by atoms with Gasteiger partial charge in [0.2, 0.25) is 0 Å². The minimum Gasteiger partial charge on any atom is -0.349 e. The first-order valence-electron chi connectivity index (χ1n) is 5.51. The average Bonchev–Trinajstić information content (AvgIpc) is 2.75. The third-order valence-electron chi connectivity index (χ3n) is 3.46. The molecule has 3 unspecified atom stereocenters. The number of hydrogen-bond donors (Lipinski definition) is 2. The molecule has 3 N–H and O–H groups in total. The van der Waals surface area contributed by atoms with Crippen LogP contribution >= 0.6 is 0 Å². The number of nitrogens with zero attached hydrogens (tertiary/aromatic N) is 1. The van der Waals surface area contributed by atoms with Gasteiger partial charge in [-0.25, -0.2) is 4.98 Å². The molecule has 1 aromatic heterocycles. The van der Waals surface area contributed by atoms with E-state index >= 15 is 0 Å². The van der Waals surface area contributed by atoms with E-state index in [9.17, 15) is 0 Å². The lowest BCUT2D eigenvalue weighted by Gasteiger charge is -2.22. The van der Waals surface area contributed by atoms with Crippen molar-refractivity contribution in [2.45, 2.75) is 38.6 Å². The highest BCUT2D eigenvalue weighted by Gasteiger charge is 2.28. The minimum absolute atomic E-state index is 0.277. The Labute approximate surface area is 85.1 Å². The van der Waals surface area contributed by atoms with Gasteiger partial charge in [0.05, 0.1) is 0 Å². The van der Waals surface area contributed by atoms with Gasteiger partial charge in [-0.1, -0.05) is 19.8 Å².